The largest absolute Gasteiger partial charge is 0.467 e. The van der Waals surface area contributed by atoms with Crippen LogP contribution >= 0.6 is 0 Å². The van der Waals surface area contributed by atoms with Crippen LogP contribution in [0.4, 0.5) is 5.95 Å². The zero-order valence-corrected chi connectivity index (χ0v) is 13.3. The Bertz CT molecular complexity index is 754. The van der Waals surface area contributed by atoms with Gasteiger partial charge in [0, 0.05) is 6.54 Å². The topological polar surface area (TPSA) is 92.7 Å². The molecule has 0 aliphatic heterocycles. The van der Waals surface area contributed by atoms with Crippen LogP contribution in [0, 0.1) is 0 Å². The average molecular weight is 331 g/mol. The summed E-state index contributed by atoms with van der Waals surface area (Å²) in [5.74, 6) is 1.34. The van der Waals surface area contributed by atoms with Crippen molar-refractivity contribution in [2.75, 3.05) is 25.1 Å². The molecule has 24 heavy (non-hydrogen) atoms. The number of nitrogens with zero attached hydrogens (tertiary/aromatic N) is 2. The van der Waals surface area contributed by atoms with Gasteiger partial charge in [0.15, 0.2) is 0 Å². The highest BCUT2D eigenvalue weighted by atomic mass is 16.5. The number of rotatable bonds is 9. The molecule has 0 aliphatic carbocycles. The van der Waals surface area contributed by atoms with Crippen molar-refractivity contribution in [1.29, 1.82) is 0 Å². The van der Waals surface area contributed by atoms with Crippen LogP contribution in [0.3, 0.4) is 0 Å². The van der Waals surface area contributed by atoms with E-state index in [0.29, 0.717) is 25.6 Å². The molecule has 2 heterocycles. The Morgan fingerprint density at radius 3 is 2.92 bits per heavy atom. The summed E-state index contributed by atoms with van der Waals surface area (Å²) in [5, 5.41) is 22.4. The molecule has 3 N–H and O–H groups in total. The lowest BCUT2D eigenvalue weighted by molar-refractivity contribution is 0.0154. The molecule has 0 bridgehead atoms. The molecule has 3 rings (SSSR count). The van der Waals surface area contributed by atoms with Crippen LogP contribution in [0.15, 0.2) is 47.1 Å². The van der Waals surface area contributed by atoms with E-state index in [9.17, 15) is 5.11 Å². The molecule has 1 aromatic carbocycles. The summed E-state index contributed by atoms with van der Waals surface area (Å²) >= 11 is 0. The molecule has 0 saturated carbocycles. The Morgan fingerprint density at radius 1 is 1.25 bits per heavy atom. The molecular weight excluding hydrogens is 310 g/mol. The monoisotopic (exact) mass is 331 g/mol. The number of hydrogen-bond acceptors (Lipinski definition) is 6. The van der Waals surface area contributed by atoms with Gasteiger partial charge in [-0.15, -0.1) is 0 Å². The molecule has 7 heteroatoms. The van der Waals surface area contributed by atoms with Crippen molar-refractivity contribution in [3.8, 4) is 0 Å². The molecule has 2 aromatic heterocycles. The van der Waals surface area contributed by atoms with E-state index in [1.807, 2.05) is 34.9 Å². The Hall–Kier alpha value is -2.35. The number of para-hydroxylation sites is 2. The third kappa shape index (κ3) is 3.94. The molecule has 0 spiro atoms. The summed E-state index contributed by atoms with van der Waals surface area (Å²) < 4.78 is 12.6. The zero-order valence-electron chi connectivity index (χ0n) is 13.3. The van der Waals surface area contributed by atoms with Gasteiger partial charge in [0.2, 0.25) is 5.95 Å². The van der Waals surface area contributed by atoms with Gasteiger partial charge in [-0.05, 0) is 24.3 Å². The Morgan fingerprint density at radius 2 is 2.12 bits per heavy atom. The SMILES string of the molecule is OCCNc1nc2ccccc2n1C[C@@H](O)COCc1ccco1. The Kier molecular flexibility index (Phi) is 5.47. The first-order valence-corrected chi connectivity index (χ1v) is 7.86. The number of ether oxygens (including phenoxy) is 1. The lowest BCUT2D eigenvalue weighted by atomic mass is 10.3. The van der Waals surface area contributed by atoms with E-state index in [1.165, 1.54) is 0 Å². The van der Waals surface area contributed by atoms with Gasteiger partial charge < -0.3 is 29.3 Å². The minimum atomic E-state index is -0.688. The number of furan rings is 1. The minimum absolute atomic E-state index is 0.0119. The molecule has 0 unspecified atom stereocenters. The summed E-state index contributed by atoms with van der Waals surface area (Å²) in [4.78, 5) is 4.50. The van der Waals surface area contributed by atoms with Crippen molar-refractivity contribution >= 4 is 17.0 Å². The standard InChI is InChI=1S/C17H21N3O4/c21-8-7-18-17-19-15-5-1-2-6-16(15)20(17)10-13(22)11-23-12-14-4-3-9-24-14/h1-6,9,13,21-22H,7-8,10-12H2,(H,18,19)/t13-/m1/s1. The number of aliphatic hydroxyl groups excluding tert-OH is 2. The highest BCUT2D eigenvalue weighted by molar-refractivity contribution is 5.78. The first-order valence-electron chi connectivity index (χ1n) is 7.86. The number of aromatic nitrogens is 2. The van der Waals surface area contributed by atoms with Gasteiger partial charge in [-0.3, -0.25) is 0 Å². The van der Waals surface area contributed by atoms with E-state index in [0.717, 1.165) is 16.8 Å². The van der Waals surface area contributed by atoms with Crippen molar-refractivity contribution in [3.05, 3.63) is 48.4 Å². The number of fused-ring (bicyclic) bond motifs is 1. The molecule has 3 aromatic rings. The van der Waals surface area contributed by atoms with Crippen molar-refractivity contribution < 1.29 is 19.4 Å². The van der Waals surface area contributed by atoms with Gasteiger partial charge in [0.25, 0.3) is 0 Å². The highest BCUT2D eigenvalue weighted by Crippen LogP contribution is 2.20. The lowest BCUT2D eigenvalue weighted by Gasteiger charge is -2.15. The maximum absolute atomic E-state index is 10.3. The van der Waals surface area contributed by atoms with E-state index in [1.54, 1.807) is 12.3 Å². The molecule has 0 radical (unpaired) electrons. The first-order chi connectivity index (χ1) is 11.8. The molecule has 0 aliphatic rings. The number of aliphatic hydroxyl groups is 2. The first kappa shape index (κ1) is 16.5. The van der Waals surface area contributed by atoms with Crippen LogP contribution < -0.4 is 5.32 Å². The average Bonchev–Trinajstić information content (AvgIpc) is 3.21. The molecule has 1 atom stereocenters. The van der Waals surface area contributed by atoms with Crippen LogP contribution in [-0.4, -0.2) is 45.6 Å². The summed E-state index contributed by atoms with van der Waals surface area (Å²) in [6, 6.07) is 11.3. The van der Waals surface area contributed by atoms with Crippen molar-refractivity contribution in [3.63, 3.8) is 0 Å². The summed E-state index contributed by atoms with van der Waals surface area (Å²) in [6.45, 7) is 1.26. The van der Waals surface area contributed by atoms with Gasteiger partial charge in [-0.25, -0.2) is 4.98 Å². The quantitative estimate of drug-likeness (QED) is 0.552. The smallest absolute Gasteiger partial charge is 0.204 e. The van der Waals surface area contributed by atoms with Gasteiger partial charge in [-0.1, -0.05) is 12.1 Å². The fourth-order valence-corrected chi connectivity index (χ4v) is 2.52. The van der Waals surface area contributed by atoms with E-state index < -0.39 is 6.10 Å². The highest BCUT2D eigenvalue weighted by Gasteiger charge is 2.14. The van der Waals surface area contributed by atoms with E-state index in [2.05, 4.69) is 10.3 Å². The second-order valence-corrected chi connectivity index (χ2v) is 5.43. The van der Waals surface area contributed by atoms with Crippen molar-refractivity contribution in [2.45, 2.75) is 19.3 Å². The maximum atomic E-state index is 10.3. The van der Waals surface area contributed by atoms with E-state index >= 15 is 0 Å². The van der Waals surface area contributed by atoms with E-state index in [4.69, 9.17) is 14.3 Å². The van der Waals surface area contributed by atoms with Crippen LogP contribution in [0.1, 0.15) is 5.76 Å². The molecule has 7 nitrogen and oxygen atoms in total. The Balaban J connectivity index is 1.65. The summed E-state index contributed by atoms with van der Waals surface area (Å²) in [7, 11) is 0. The number of nitrogens with one attached hydrogen (secondary N) is 1. The predicted octanol–water partition coefficient (Wildman–Crippen LogP) is 1.61. The molecule has 0 fully saturated rings. The number of imidazole rings is 1. The summed E-state index contributed by atoms with van der Waals surface area (Å²) in [5.41, 5.74) is 1.75. The molecule has 128 valence electrons. The fraction of sp³-hybridized carbons (Fsp3) is 0.353. The van der Waals surface area contributed by atoms with Gasteiger partial charge in [-0.2, -0.15) is 0 Å². The van der Waals surface area contributed by atoms with Crippen LogP contribution in [0.5, 0.6) is 0 Å². The minimum Gasteiger partial charge on any atom is -0.467 e. The number of hydrogen-bond donors (Lipinski definition) is 3. The third-order valence-corrected chi connectivity index (χ3v) is 3.58. The lowest BCUT2D eigenvalue weighted by Crippen LogP contribution is -2.23. The normalized spacial score (nSPS) is 12.6. The van der Waals surface area contributed by atoms with Crippen molar-refractivity contribution in [2.24, 2.45) is 0 Å². The Labute approximate surface area is 139 Å². The second-order valence-electron chi connectivity index (χ2n) is 5.43. The van der Waals surface area contributed by atoms with E-state index in [-0.39, 0.29) is 13.2 Å². The number of benzene rings is 1. The zero-order chi connectivity index (χ0) is 16.8. The second kappa shape index (κ2) is 7.96. The summed E-state index contributed by atoms with van der Waals surface area (Å²) in [6.07, 6.45) is 0.901. The van der Waals surface area contributed by atoms with Crippen LogP contribution in [-0.2, 0) is 17.9 Å². The van der Waals surface area contributed by atoms with Gasteiger partial charge >= 0.3 is 0 Å². The molecule has 0 saturated heterocycles. The van der Waals surface area contributed by atoms with Gasteiger partial charge in [0.05, 0.1) is 43.2 Å². The third-order valence-electron chi connectivity index (χ3n) is 3.58. The molecular formula is C17H21N3O4. The fourth-order valence-electron chi connectivity index (χ4n) is 2.52. The molecule has 0 amide bonds. The predicted molar refractivity (Wildman–Crippen MR) is 89.7 cm³/mol. The maximum Gasteiger partial charge on any atom is 0.204 e. The van der Waals surface area contributed by atoms with Crippen LogP contribution in [0.2, 0.25) is 0 Å². The van der Waals surface area contributed by atoms with Crippen molar-refractivity contribution in [1.82, 2.24) is 9.55 Å². The van der Waals surface area contributed by atoms with Gasteiger partial charge in [0.1, 0.15) is 12.4 Å². The number of anilines is 1. The van der Waals surface area contributed by atoms with Crippen LogP contribution in [0.25, 0.3) is 11.0 Å².